The highest BCUT2D eigenvalue weighted by molar-refractivity contribution is 6.36. The normalized spacial score (nSPS) is 13.3. The first-order valence-corrected chi connectivity index (χ1v) is 9.91. The van der Waals surface area contributed by atoms with Gasteiger partial charge in [-0.2, -0.15) is 4.57 Å². The van der Waals surface area contributed by atoms with Gasteiger partial charge in [-0.05, 0) is 39.0 Å². The van der Waals surface area contributed by atoms with E-state index in [0.29, 0.717) is 34.9 Å². The van der Waals surface area contributed by atoms with E-state index in [-0.39, 0.29) is 17.3 Å². The average Bonchev–Trinajstić information content (AvgIpc) is 2.73. The number of para-hydroxylation sites is 2. The zero-order valence-corrected chi connectivity index (χ0v) is 17.2. The molecule has 0 bridgehead atoms. The first-order valence-electron chi connectivity index (χ1n) is 9.91. The number of hydrogen-bond donors (Lipinski definition) is 1. The van der Waals surface area contributed by atoms with Gasteiger partial charge in [0.05, 0.1) is 12.3 Å². The van der Waals surface area contributed by atoms with E-state index in [9.17, 15) is 9.59 Å². The summed E-state index contributed by atoms with van der Waals surface area (Å²) in [6.45, 7) is 6.32. The summed E-state index contributed by atoms with van der Waals surface area (Å²) in [4.78, 5) is 27.0. The lowest BCUT2D eigenvalue weighted by Gasteiger charge is -2.20. The fraction of sp³-hybridized carbons (Fsp3) is 0.160. The quantitative estimate of drug-likeness (QED) is 0.648. The van der Waals surface area contributed by atoms with Gasteiger partial charge in [-0.25, -0.2) is 0 Å². The largest absolute Gasteiger partial charge is 0.492 e. The molecule has 0 saturated carbocycles. The van der Waals surface area contributed by atoms with E-state index < -0.39 is 0 Å². The number of nitrogens with one attached hydrogen (secondary N) is 1. The van der Waals surface area contributed by atoms with Crippen LogP contribution in [0.15, 0.2) is 72.7 Å². The number of allylic oxidation sites excluding steroid dienone is 2. The second-order valence-electron chi connectivity index (χ2n) is 7.28. The summed E-state index contributed by atoms with van der Waals surface area (Å²) >= 11 is 0. The molecule has 3 aromatic rings. The average molecular weight is 399 g/mol. The highest BCUT2D eigenvalue weighted by atomic mass is 16.5. The van der Waals surface area contributed by atoms with Gasteiger partial charge in [0.15, 0.2) is 18.1 Å². The zero-order chi connectivity index (χ0) is 21.3. The van der Waals surface area contributed by atoms with Crippen LogP contribution in [0.5, 0.6) is 5.75 Å². The molecule has 1 aromatic heterocycles. The van der Waals surface area contributed by atoms with Crippen molar-refractivity contribution in [2.24, 2.45) is 0 Å². The number of rotatable bonds is 5. The molecule has 30 heavy (non-hydrogen) atoms. The number of benzene rings is 2. The fourth-order valence-electron chi connectivity index (χ4n) is 3.75. The molecule has 0 radical (unpaired) electrons. The maximum absolute atomic E-state index is 13.5. The third-order valence-electron chi connectivity index (χ3n) is 4.94. The van der Waals surface area contributed by atoms with E-state index in [0.717, 1.165) is 11.1 Å². The van der Waals surface area contributed by atoms with E-state index >= 15 is 0 Å². The van der Waals surface area contributed by atoms with Gasteiger partial charge in [-0.1, -0.05) is 36.4 Å². The summed E-state index contributed by atoms with van der Waals surface area (Å²) < 4.78 is 7.44. The molecule has 0 fully saturated rings. The molecule has 5 nitrogen and oxygen atoms in total. The number of carbonyl (C=O) groups is 2. The number of ketones is 2. The van der Waals surface area contributed by atoms with Crippen molar-refractivity contribution in [1.82, 2.24) is 0 Å². The molecule has 0 amide bonds. The molecule has 1 aliphatic carbocycles. The van der Waals surface area contributed by atoms with E-state index in [1.54, 1.807) is 28.8 Å². The zero-order valence-electron chi connectivity index (χ0n) is 17.2. The predicted molar refractivity (Wildman–Crippen MR) is 116 cm³/mol. The van der Waals surface area contributed by atoms with Crippen molar-refractivity contribution >= 4 is 23.0 Å². The van der Waals surface area contributed by atoms with E-state index in [1.807, 2.05) is 63.5 Å². The summed E-state index contributed by atoms with van der Waals surface area (Å²) in [6, 6.07) is 16.3. The number of nitrogens with zero attached hydrogens (tertiary/aromatic N) is 1. The Labute approximate surface area is 175 Å². The molecule has 0 saturated heterocycles. The first kappa shape index (κ1) is 19.6. The fourth-order valence-corrected chi connectivity index (χ4v) is 3.75. The second kappa shape index (κ2) is 7.95. The summed E-state index contributed by atoms with van der Waals surface area (Å²) in [6.07, 6.45) is 3.72. The molecule has 1 heterocycles. The van der Waals surface area contributed by atoms with Gasteiger partial charge in [-0.3, -0.25) is 9.59 Å². The van der Waals surface area contributed by atoms with Crippen LogP contribution >= 0.6 is 0 Å². The number of carbonyl (C=O) groups excluding carboxylic acids is 2. The molecule has 2 aromatic carbocycles. The molecule has 0 atom stereocenters. The molecule has 150 valence electrons. The Balaban J connectivity index is 1.94. The Bertz CT molecular complexity index is 1170. The molecule has 5 heteroatoms. The van der Waals surface area contributed by atoms with Gasteiger partial charge < -0.3 is 10.1 Å². The van der Waals surface area contributed by atoms with Crippen LogP contribution in [-0.4, -0.2) is 18.2 Å². The topological polar surface area (TPSA) is 59.3 Å². The number of ether oxygens (including phenoxy) is 1. The van der Waals surface area contributed by atoms with E-state index in [1.165, 1.54) is 0 Å². The third-order valence-corrected chi connectivity index (χ3v) is 4.94. The van der Waals surface area contributed by atoms with Crippen LogP contribution in [0.3, 0.4) is 0 Å². The number of hydrogen-bond acceptors (Lipinski definition) is 4. The Morgan fingerprint density at radius 1 is 0.867 bits per heavy atom. The van der Waals surface area contributed by atoms with Crippen LogP contribution < -0.4 is 14.6 Å². The Hall–Kier alpha value is -3.73. The van der Waals surface area contributed by atoms with Gasteiger partial charge in [0.1, 0.15) is 5.75 Å². The second-order valence-corrected chi connectivity index (χ2v) is 7.28. The van der Waals surface area contributed by atoms with Crippen molar-refractivity contribution in [1.29, 1.82) is 0 Å². The molecule has 4 rings (SSSR count). The molecule has 1 N–H and O–H groups in total. The molecule has 1 aliphatic rings. The summed E-state index contributed by atoms with van der Waals surface area (Å²) in [5, 5.41) is 3.21. The van der Waals surface area contributed by atoms with E-state index in [2.05, 4.69) is 5.32 Å². The van der Waals surface area contributed by atoms with Gasteiger partial charge >= 0.3 is 0 Å². The Morgan fingerprint density at radius 3 is 2.13 bits per heavy atom. The SMILES string of the molecule is CCOc1ccccc1NC1=C([n+]2cc(C)cc(C)c2)C(=O)c2ccccc2C1=O. The standard InChI is InChI=1S/C25H22N2O3/c1-4-30-21-12-8-7-11-20(21)26-22-23(27-14-16(2)13-17(3)15-27)25(29)19-10-6-5-9-18(19)24(22)28/h5-15H,4H2,1-3H3/p+1. The number of aromatic nitrogens is 1. The minimum absolute atomic E-state index is 0.198. The van der Waals surface area contributed by atoms with Crippen molar-refractivity contribution in [3.8, 4) is 5.75 Å². The molecule has 0 spiro atoms. The van der Waals surface area contributed by atoms with Crippen LogP contribution in [0, 0.1) is 13.8 Å². The van der Waals surface area contributed by atoms with Crippen molar-refractivity contribution in [2.75, 3.05) is 11.9 Å². The maximum atomic E-state index is 13.5. The molecule has 0 unspecified atom stereocenters. The molecular formula is C25H23N2O3+. The predicted octanol–water partition coefficient (Wildman–Crippen LogP) is 4.35. The summed E-state index contributed by atoms with van der Waals surface area (Å²) in [5.74, 6) is 0.200. The third kappa shape index (κ3) is 3.50. The lowest BCUT2D eigenvalue weighted by atomic mass is 9.90. The monoisotopic (exact) mass is 399 g/mol. The van der Waals surface area contributed by atoms with Crippen molar-refractivity contribution in [3.05, 3.63) is 94.9 Å². The van der Waals surface area contributed by atoms with E-state index in [4.69, 9.17) is 4.74 Å². The number of pyridine rings is 1. The first-order chi connectivity index (χ1) is 14.5. The highest BCUT2D eigenvalue weighted by Gasteiger charge is 2.39. The van der Waals surface area contributed by atoms with Crippen LogP contribution in [0.2, 0.25) is 0 Å². The van der Waals surface area contributed by atoms with Crippen LogP contribution in [0.4, 0.5) is 5.69 Å². The molecule has 0 aliphatic heterocycles. The Kier molecular flexibility index (Phi) is 5.19. The van der Waals surface area contributed by atoms with Crippen molar-refractivity contribution in [3.63, 3.8) is 0 Å². The number of aryl methyl sites for hydroxylation is 2. The van der Waals surface area contributed by atoms with Crippen molar-refractivity contribution < 1.29 is 18.9 Å². The summed E-state index contributed by atoms with van der Waals surface area (Å²) in [7, 11) is 0. The van der Waals surface area contributed by atoms with Crippen LogP contribution in [-0.2, 0) is 0 Å². The van der Waals surface area contributed by atoms with Crippen molar-refractivity contribution in [2.45, 2.75) is 20.8 Å². The van der Waals surface area contributed by atoms with Gasteiger partial charge in [0.25, 0.3) is 11.5 Å². The van der Waals surface area contributed by atoms with Crippen LogP contribution in [0.25, 0.3) is 5.70 Å². The minimum atomic E-state index is -0.224. The van der Waals surface area contributed by atoms with Gasteiger partial charge in [0, 0.05) is 22.3 Å². The smallest absolute Gasteiger partial charge is 0.286 e. The summed E-state index contributed by atoms with van der Waals surface area (Å²) in [5.41, 5.74) is 3.97. The van der Waals surface area contributed by atoms with Crippen LogP contribution in [0.1, 0.15) is 38.8 Å². The lowest BCUT2D eigenvalue weighted by Crippen LogP contribution is -2.42. The lowest BCUT2D eigenvalue weighted by molar-refractivity contribution is -0.578. The van der Waals surface area contributed by atoms with Gasteiger partial charge in [0.2, 0.25) is 5.78 Å². The molecular weight excluding hydrogens is 376 g/mol. The highest BCUT2D eigenvalue weighted by Crippen LogP contribution is 2.31. The number of anilines is 1. The Morgan fingerprint density at radius 2 is 1.47 bits per heavy atom. The minimum Gasteiger partial charge on any atom is -0.492 e. The maximum Gasteiger partial charge on any atom is 0.286 e. The number of Topliss-reactive ketones (excluding diaryl/α,β-unsaturated/α-hetero) is 2. The number of fused-ring (bicyclic) bond motifs is 1. The van der Waals surface area contributed by atoms with Gasteiger partial charge in [-0.15, -0.1) is 0 Å².